The predicted molar refractivity (Wildman–Crippen MR) is 82.0 cm³/mol. The standard InChI is InChI=1S/C17H23N3O2/c1-22-13-8-15(17-18-6-7-19-17)20(10-13)16(21)9-14(11-2-3-11)12-4-5-12/h6-7,9,11-13,15H,2-5,8,10H2,1H3,(H,18,19)/t13-,15?/m1/s1. The first-order valence-corrected chi connectivity index (χ1v) is 8.30. The Morgan fingerprint density at radius 1 is 1.36 bits per heavy atom. The molecule has 1 unspecified atom stereocenters. The molecule has 1 N–H and O–H groups in total. The molecule has 2 atom stereocenters. The number of methoxy groups -OCH3 is 1. The number of aromatic amines is 1. The Labute approximate surface area is 130 Å². The minimum atomic E-state index is 0.00311. The van der Waals surface area contributed by atoms with E-state index in [0.717, 1.165) is 12.2 Å². The average Bonchev–Trinajstić information content (AvgIpc) is 3.44. The number of H-pyrrole nitrogens is 1. The molecule has 1 saturated heterocycles. The Kier molecular flexibility index (Phi) is 3.53. The molecule has 1 aliphatic heterocycles. The number of nitrogens with zero attached hydrogens (tertiary/aromatic N) is 2. The van der Waals surface area contributed by atoms with Crippen LogP contribution in [0.4, 0.5) is 0 Å². The summed E-state index contributed by atoms with van der Waals surface area (Å²) in [6.07, 6.45) is 11.4. The molecule has 5 nitrogen and oxygen atoms in total. The smallest absolute Gasteiger partial charge is 0.247 e. The molecule has 4 rings (SSSR count). The second-order valence-electron chi connectivity index (χ2n) is 6.77. The predicted octanol–water partition coefficient (Wildman–Crippen LogP) is 2.44. The molecule has 3 fully saturated rings. The maximum absolute atomic E-state index is 12.8. The highest BCUT2D eigenvalue weighted by Crippen LogP contribution is 2.49. The fraction of sp³-hybridized carbons (Fsp3) is 0.647. The number of hydrogen-bond donors (Lipinski definition) is 1. The van der Waals surface area contributed by atoms with Crippen LogP contribution in [0.15, 0.2) is 24.0 Å². The molecule has 2 saturated carbocycles. The van der Waals surface area contributed by atoms with Gasteiger partial charge in [-0.1, -0.05) is 5.57 Å². The van der Waals surface area contributed by atoms with Gasteiger partial charge in [-0.15, -0.1) is 0 Å². The number of aromatic nitrogens is 2. The van der Waals surface area contributed by atoms with E-state index in [0.29, 0.717) is 18.4 Å². The molecule has 0 bridgehead atoms. The Bertz CT molecular complexity index is 559. The molecule has 5 heteroatoms. The summed E-state index contributed by atoms with van der Waals surface area (Å²) in [4.78, 5) is 22.3. The topological polar surface area (TPSA) is 58.2 Å². The van der Waals surface area contributed by atoms with Gasteiger partial charge in [0.25, 0.3) is 0 Å². The van der Waals surface area contributed by atoms with Crippen molar-refractivity contribution in [2.45, 2.75) is 44.2 Å². The van der Waals surface area contributed by atoms with E-state index in [-0.39, 0.29) is 18.1 Å². The van der Waals surface area contributed by atoms with Gasteiger partial charge in [0.2, 0.25) is 5.91 Å². The summed E-state index contributed by atoms with van der Waals surface area (Å²) in [5, 5.41) is 0. The number of carbonyl (C=O) groups excluding carboxylic acids is 1. The third-order valence-electron chi connectivity index (χ3n) is 5.10. The quantitative estimate of drug-likeness (QED) is 0.850. The lowest BCUT2D eigenvalue weighted by Crippen LogP contribution is -2.31. The van der Waals surface area contributed by atoms with Crippen molar-refractivity contribution in [3.8, 4) is 0 Å². The number of nitrogens with one attached hydrogen (secondary N) is 1. The van der Waals surface area contributed by atoms with Gasteiger partial charge in [-0.2, -0.15) is 0 Å². The molecular weight excluding hydrogens is 278 g/mol. The van der Waals surface area contributed by atoms with Crippen LogP contribution >= 0.6 is 0 Å². The number of carbonyl (C=O) groups is 1. The van der Waals surface area contributed by atoms with Crippen LogP contribution in [0, 0.1) is 11.8 Å². The maximum atomic E-state index is 12.8. The monoisotopic (exact) mass is 301 g/mol. The molecule has 0 aromatic carbocycles. The van der Waals surface area contributed by atoms with Gasteiger partial charge in [0.1, 0.15) is 5.82 Å². The van der Waals surface area contributed by atoms with Crippen LogP contribution in [0.5, 0.6) is 0 Å². The van der Waals surface area contributed by atoms with Crippen LogP contribution in [-0.2, 0) is 9.53 Å². The molecule has 0 radical (unpaired) electrons. The molecule has 1 aromatic heterocycles. The van der Waals surface area contributed by atoms with E-state index in [1.807, 2.05) is 17.2 Å². The third kappa shape index (κ3) is 2.70. The van der Waals surface area contributed by atoms with Gasteiger partial charge in [-0.05, 0) is 37.5 Å². The molecule has 1 aromatic rings. The maximum Gasteiger partial charge on any atom is 0.247 e. The van der Waals surface area contributed by atoms with E-state index in [2.05, 4.69) is 9.97 Å². The highest BCUT2D eigenvalue weighted by Gasteiger charge is 2.40. The highest BCUT2D eigenvalue weighted by atomic mass is 16.5. The van der Waals surface area contributed by atoms with E-state index >= 15 is 0 Å². The Hall–Kier alpha value is -1.62. The fourth-order valence-electron chi connectivity index (χ4n) is 3.56. The average molecular weight is 301 g/mol. The van der Waals surface area contributed by atoms with Crippen molar-refractivity contribution in [2.24, 2.45) is 11.8 Å². The van der Waals surface area contributed by atoms with Crippen molar-refractivity contribution in [1.29, 1.82) is 0 Å². The zero-order valence-corrected chi connectivity index (χ0v) is 13.0. The Morgan fingerprint density at radius 3 is 2.64 bits per heavy atom. The molecule has 118 valence electrons. The largest absolute Gasteiger partial charge is 0.380 e. The summed E-state index contributed by atoms with van der Waals surface area (Å²) in [6, 6.07) is 0.00311. The summed E-state index contributed by atoms with van der Waals surface area (Å²) in [7, 11) is 1.72. The second kappa shape index (κ2) is 5.54. The van der Waals surface area contributed by atoms with Crippen molar-refractivity contribution in [3.63, 3.8) is 0 Å². The third-order valence-corrected chi connectivity index (χ3v) is 5.10. The number of allylic oxidation sites excluding steroid dienone is 1. The van der Waals surface area contributed by atoms with E-state index in [1.54, 1.807) is 13.3 Å². The van der Waals surface area contributed by atoms with Crippen molar-refractivity contribution in [2.75, 3.05) is 13.7 Å². The number of ether oxygens (including phenoxy) is 1. The normalized spacial score (nSPS) is 28.0. The lowest BCUT2D eigenvalue weighted by Gasteiger charge is -2.22. The van der Waals surface area contributed by atoms with Crippen LogP contribution in [0.1, 0.15) is 44.0 Å². The molecule has 2 heterocycles. The van der Waals surface area contributed by atoms with Crippen molar-refractivity contribution >= 4 is 5.91 Å². The lowest BCUT2D eigenvalue weighted by atomic mass is 10.1. The first kappa shape index (κ1) is 14.0. The first-order chi connectivity index (χ1) is 10.8. The number of imidazole rings is 1. The van der Waals surface area contributed by atoms with Crippen LogP contribution in [-0.4, -0.2) is 40.5 Å². The number of rotatable bonds is 5. The fourth-order valence-corrected chi connectivity index (χ4v) is 3.56. The van der Waals surface area contributed by atoms with E-state index in [9.17, 15) is 4.79 Å². The minimum absolute atomic E-state index is 0.00311. The summed E-state index contributed by atoms with van der Waals surface area (Å²) >= 11 is 0. The minimum Gasteiger partial charge on any atom is -0.380 e. The van der Waals surface area contributed by atoms with Gasteiger partial charge in [0.05, 0.1) is 12.1 Å². The molecule has 2 aliphatic carbocycles. The molecule has 3 aliphatic rings. The van der Waals surface area contributed by atoms with Gasteiger partial charge in [0.15, 0.2) is 0 Å². The van der Waals surface area contributed by atoms with Crippen LogP contribution in [0.25, 0.3) is 0 Å². The first-order valence-electron chi connectivity index (χ1n) is 8.30. The molecule has 22 heavy (non-hydrogen) atoms. The molecular formula is C17H23N3O2. The summed E-state index contributed by atoms with van der Waals surface area (Å²) in [5.41, 5.74) is 1.41. The van der Waals surface area contributed by atoms with Crippen LogP contribution in [0.2, 0.25) is 0 Å². The summed E-state index contributed by atoms with van der Waals surface area (Å²) in [6.45, 7) is 0.653. The van der Waals surface area contributed by atoms with Gasteiger partial charge < -0.3 is 14.6 Å². The van der Waals surface area contributed by atoms with Gasteiger partial charge in [0, 0.05) is 38.5 Å². The van der Waals surface area contributed by atoms with E-state index < -0.39 is 0 Å². The summed E-state index contributed by atoms with van der Waals surface area (Å²) in [5.74, 6) is 2.36. The number of amides is 1. The zero-order valence-electron chi connectivity index (χ0n) is 13.0. The second-order valence-corrected chi connectivity index (χ2v) is 6.77. The van der Waals surface area contributed by atoms with Crippen LogP contribution in [0.3, 0.4) is 0 Å². The van der Waals surface area contributed by atoms with Crippen molar-refractivity contribution < 1.29 is 9.53 Å². The molecule has 1 amide bonds. The van der Waals surface area contributed by atoms with E-state index in [1.165, 1.54) is 31.3 Å². The van der Waals surface area contributed by atoms with Crippen molar-refractivity contribution in [3.05, 3.63) is 29.9 Å². The number of hydrogen-bond acceptors (Lipinski definition) is 3. The summed E-state index contributed by atoms with van der Waals surface area (Å²) < 4.78 is 5.49. The molecule has 0 spiro atoms. The van der Waals surface area contributed by atoms with E-state index in [4.69, 9.17) is 4.74 Å². The Balaban J connectivity index is 1.55. The number of likely N-dealkylation sites (tertiary alicyclic amines) is 1. The van der Waals surface area contributed by atoms with Crippen molar-refractivity contribution in [1.82, 2.24) is 14.9 Å². The van der Waals surface area contributed by atoms with Crippen LogP contribution < -0.4 is 0 Å². The zero-order chi connectivity index (χ0) is 15.1. The lowest BCUT2D eigenvalue weighted by molar-refractivity contribution is -0.127. The SMILES string of the molecule is CO[C@@H]1CC(c2ncc[nH]2)N(C(=O)C=C(C2CC2)C2CC2)C1. The highest BCUT2D eigenvalue weighted by molar-refractivity contribution is 5.89. The van der Waals surface area contributed by atoms with Gasteiger partial charge in [-0.25, -0.2) is 4.98 Å². The Morgan fingerprint density at radius 2 is 2.09 bits per heavy atom. The van der Waals surface area contributed by atoms with Gasteiger partial charge in [-0.3, -0.25) is 4.79 Å². The van der Waals surface area contributed by atoms with Gasteiger partial charge >= 0.3 is 0 Å².